The predicted molar refractivity (Wildman–Crippen MR) is 240 cm³/mol. The Balaban J connectivity index is 1.03. The smallest absolute Gasteiger partial charge is 0.135 e. The molecule has 2 nitrogen and oxygen atoms in total. The lowest BCUT2D eigenvalue weighted by Crippen LogP contribution is -2.17. The van der Waals surface area contributed by atoms with Crippen LogP contribution in [0.4, 0.5) is 17.1 Å². The number of rotatable bonds is 6. The fourth-order valence-electron chi connectivity index (χ4n) is 9.18. The SMILES string of the molecule is CC1(C)c2cc(-c3cccc4ccccc34)ccc2-c2ccc(N(c3ccc(-c4ccc5oc6ccccc6c5c4)cc3)c3ccccc3-c3ccccc3)cc21. The van der Waals surface area contributed by atoms with Crippen LogP contribution in [-0.4, -0.2) is 0 Å². The van der Waals surface area contributed by atoms with Crippen molar-refractivity contribution in [1.29, 1.82) is 0 Å². The van der Waals surface area contributed by atoms with Crippen molar-refractivity contribution in [2.24, 2.45) is 0 Å². The Bertz CT molecular complexity index is 3150. The molecule has 1 aliphatic carbocycles. The van der Waals surface area contributed by atoms with Crippen LogP contribution < -0.4 is 4.90 Å². The maximum atomic E-state index is 6.14. The van der Waals surface area contributed by atoms with Crippen molar-refractivity contribution >= 4 is 49.8 Å². The van der Waals surface area contributed by atoms with Crippen molar-refractivity contribution in [2.75, 3.05) is 4.90 Å². The normalized spacial score (nSPS) is 12.9. The molecule has 0 fully saturated rings. The van der Waals surface area contributed by atoms with E-state index in [1.165, 1.54) is 55.3 Å². The number of anilines is 3. The summed E-state index contributed by atoms with van der Waals surface area (Å²) in [6, 6.07) is 72.7. The summed E-state index contributed by atoms with van der Waals surface area (Å²) in [5.41, 5.74) is 17.5. The van der Waals surface area contributed by atoms with Crippen molar-refractivity contribution in [1.82, 2.24) is 0 Å². The molecule has 9 aromatic carbocycles. The van der Waals surface area contributed by atoms with Crippen molar-refractivity contribution < 1.29 is 4.42 Å². The summed E-state index contributed by atoms with van der Waals surface area (Å²) in [5, 5.41) is 4.82. The molecule has 0 N–H and O–H groups in total. The maximum Gasteiger partial charge on any atom is 0.135 e. The second kappa shape index (κ2) is 13.0. The second-order valence-corrected chi connectivity index (χ2v) is 15.7. The van der Waals surface area contributed by atoms with Crippen LogP contribution in [0.1, 0.15) is 25.0 Å². The fourth-order valence-corrected chi connectivity index (χ4v) is 9.18. The van der Waals surface area contributed by atoms with Gasteiger partial charge in [-0.2, -0.15) is 0 Å². The van der Waals surface area contributed by atoms with Crippen molar-refractivity contribution in [3.8, 4) is 44.5 Å². The third-order valence-corrected chi connectivity index (χ3v) is 12.1. The first-order valence-electron chi connectivity index (χ1n) is 19.8. The van der Waals surface area contributed by atoms with Gasteiger partial charge in [-0.3, -0.25) is 0 Å². The first kappa shape index (κ1) is 33.2. The molecule has 10 aromatic rings. The Hall–Kier alpha value is -7.16. The van der Waals surface area contributed by atoms with Gasteiger partial charge in [-0.15, -0.1) is 0 Å². The third-order valence-electron chi connectivity index (χ3n) is 12.1. The van der Waals surface area contributed by atoms with Crippen molar-refractivity contribution in [2.45, 2.75) is 19.3 Å². The van der Waals surface area contributed by atoms with Crippen LogP contribution in [0.15, 0.2) is 205 Å². The zero-order valence-electron chi connectivity index (χ0n) is 31.9. The highest BCUT2D eigenvalue weighted by atomic mass is 16.3. The minimum atomic E-state index is -0.203. The molecule has 11 rings (SSSR count). The lowest BCUT2D eigenvalue weighted by Gasteiger charge is -2.30. The van der Waals surface area contributed by atoms with Crippen LogP contribution in [0.2, 0.25) is 0 Å². The van der Waals surface area contributed by atoms with E-state index in [1.807, 2.05) is 12.1 Å². The Morgan fingerprint density at radius 2 is 0.982 bits per heavy atom. The molecule has 2 heteroatoms. The van der Waals surface area contributed by atoms with E-state index in [9.17, 15) is 0 Å². The summed E-state index contributed by atoms with van der Waals surface area (Å²) < 4.78 is 6.14. The number of para-hydroxylation sites is 2. The predicted octanol–water partition coefficient (Wildman–Crippen LogP) is 15.5. The fraction of sp³-hybridized carbons (Fsp3) is 0.0545. The molecule has 0 saturated heterocycles. The van der Waals surface area contributed by atoms with Crippen LogP contribution in [0.25, 0.3) is 77.2 Å². The molecule has 270 valence electrons. The summed E-state index contributed by atoms with van der Waals surface area (Å²) in [5.74, 6) is 0. The van der Waals surface area contributed by atoms with Crippen LogP contribution >= 0.6 is 0 Å². The van der Waals surface area contributed by atoms with E-state index in [1.54, 1.807) is 0 Å². The van der Waals surface area contributed by atoms with Crippen molar-refractivity contribution in [3.05, 3.63) is 211 Å². The van der Waals surface area contributed by atoms with E-state index in [-0.39, 0.29) is 5.41 Å². The lowest BCUT2D eigenvalue weighted by atomic mass is 9.81. The van der Waals surface area contributed by atoms with Crippen LogP contribution in [0.3, 0.4) is 0 Å². The van der Waals surface area contributed by atoms with Gasteiger partial charge in [0.15, 0.2) is 0 Å². The molecule has 0 amide bonds. The van der Waals surface area contributed by atoms with E-state index in [4.69, 9.17) is 4.42 Å². The third kappa shape index (κ3) is 5.40. The maximum absolute atomic E-state index is 6.14. The topological polar surface area (TPSA) is 16.4 Å². The summed E-state index contributed by atoms with van der Waals surface area (Å²) >= 11 is 0. The molecular weight excluding hydrogens is 691 g/mol. The first-order valence-corrected chi connectivity index (χ1v) is 19.8. The first-order chi connectivity index (χ1) is 28.0. The van der Waals surface area contributed by atoms with Gasteiger partial charge in [0, 0.05) is 33.1 Å². The molecule has 1 aliphatic rings. The molecule has 1 aromatic heterocycles. The summed E-state index contributed by atoms with van der Waals surface area (Å²) in [6.07, 6.45) is 0. The quantitative estimate of drug-likeness (QED) is 0.169. The largest absolute Gasteiger partial charge is 0.456 e. The minimum absolute atomic E-state index is 0.203. The number of hydrogen-bond acceptors (Lipinski definition) is 2. The molecule has 0 bridgehead atoms. The van der Waals surface area contributed by atoms with Gasteiger partial charge < -0.3 is 9.32 Å². The number of benzene rings is 9. The van der Waals surface area contributed by atoms with Crippen molar-refractivity contribution in [3.63, 3.8) is 0 Å². The zero-order valence-corrected chi connectivity index (χ0v) is 31.9. The van der Waals surface area contributed by atoms with Crippen LogP contribution in [0, 0.1) is 0 Å². The van der Waals surface area contributed by atoms with Gasteiger partial charge in [0.2, 0.25) is 0 Å². The van der Waals surface area contributed by atoms with Gasteiger partial charge in [-0.05, 0) is 115 Å². The molecule has 0 atom stereocenters. The zero-order chi connectivity index (χ0) is 38.1. The van der Waals surface area contributed by atoms with E-state index in [0.29, 0.717) is 0 Å². The number of furan rings is 1. The summed E-state index contributed by atoms with van der Waals surface area (Å²) in [6.45, 7) is 4.76. The average molecular weight is 730 g/mol. The molecule has 1 heterocycles. The Morgan fingerprint density at radius 3 is 1.84 bits per heavy atom. The average Bonchev–Trinajstić information content (AvgIpc) is 3.75. The van der Waals surface area contributed by atoms with Crippen LogP contribution in [0.5, 0.6) is 0 Å². The lowest BCUT2D eigenvalue weighted by molar-refractivity contribution is 0.660. The highest BCUT2D eigenvalue weighted by Gasteiger charge is 2.36. The Kier molecular flexibility index (Phi) is 7.55. The monoisotopic (exact) mass is 729 g/mol. The molecule has 0 aliphatic heterocycles. The summed E-state index contributed by atoms with van der Waals surface area (Å²) in [4.78, 5) is 2.43. The Labute approximate surface area is 332 Å². The van der Waals surface area contributed by atoms with Crippen LogP contribution in [-0.2, 0) is 5.41 Å². The molecule has 0 saturated carbocycles. The molecular formula is C55H39NO. The molecule has 0 radical (unpaired) electrons. The van der Waals surface area contributed by atoms with Gasteiger partial charge in [0.25, 0.3) is 0 Å². The molecule has 57 heavy (non-hydrogen) atoms. The minimum Gasteiger partial charge on any atom is -0.456 e. The van der Waals surface area contributed by atoms with E-state index < -0.39 is 0 Å². The number of nitrogens with zero attached hydrogens (tertiary/aromatic N) is 1. The van der Waals surface area contributed by atoms with Gasteiger partial charge in [-0.1, -0.05) is 159 Å². The highest BCUT2D eigenvalue weighted by Crippen LogP contribution is 2.52. The van der Waals surface area contributed by atoms with Gasteiger partial charge in [0.05, 0.1) is 5.69 Å². The van der Waals surface area contributed by atoms with Gasteiger partial charge in [-0.25, -0.2) is 0 Å². The highest BCUT2D eigenvalue weighted by molar-refractivity contribution is 6.06. The summed E-state index contributed by atoms with van der Waals surface area (Å²) in [7, 11) is 0. The Morgan fingerprint density at radius 1 is 0.368 bits per heavy atom. The van der Waals surface area contributed by atoms with E-state index in [0.717, 1.165) is 50.1 Å². The second-order valence-electron chi connectivity index (χ2n) is 15.7. The number of hydrogen-bond donors (Lipinski definition) is 0. The standard InChI is InChI=1S/C55H39NO/c1-55(2)50-34-40(44-20-12-16-37-15-6-7-17-43(37)44)25-30-46(50)47-31-29-42(35-51(47)55)56(52-21-10-8-18-45(52)38-13-4-3-5-14-38)41-27-23-36(24-28-41)39-26-32-54-49(33-39)48-19-9-11-22-53(48)57-54/h3-35H,1-2H3. The van der Waals surface area contributed by atoms with Gasteiger partial charge in [0.1, 0.15) is 11.2 Å². The van der Waals surface area contributed by atoms with E-state index in [2.05, 4.69) is 207 Å². The molecule has 0 spiro atoms. The van der Waals surface area contributed by atoms with E-state index >= 15 is 0 Å². The molecule has 0 unspecified atom stereocenters. The van der Waals surface area contributed by atoms with Gasteiger partial charge >= 0.3 is 0 Å². The number of fused-ring (bicyclic) bond motifs is 7.